The highest BCUT2D eigenvalue weighted by Gasteiger charge is 2.34. The highest BCUT2D eigenvalue weighted by molar-refractivity contribution is 7.92. The van der Waals surface area contributed by atoms with Crippen molar-refractivity contribution in [2.75, 3.05) is 11.5 Å². The molecule has 0 aromatic heterocycles. The summed E-state index contributed by atoms with van der Waals surface area (Å²) in [5.41, 5.74) is 11.8. The zero-order chi connectivity index (χ0) is 12.9. The van der Waals surface area contributed by atoms with Gasteiger partial charge in [-0.3, -0.25) is 0 Å². The van der Waals surface area contributed by atoms with Gasteiger partial charge in [-0.1, -0.05) is 12.1 Å². The standard InChI is InChI=1S/C12H10N2O3S/c13-7-3-1-5-9-11(7)18(15,16)12-8(14)4-2-6-10(12)17-9/h1-6H,13-14H2. The maximum absolute atomic E-state index is 12.5. The summed E-state index contributed by atoms with van der Waals surface area (Å²) in [6.07, 6.45) is 0. The smallest absolute Gasteiger partial charge is 0.218 e. The summed E-state index contributed by atoms with van der Waals surface area (Å²) in [5.74, 6) is 0.459. The summed E-state index contributed by atoms with van der Waals surface area (Å²) in [6, 6.07) is 9.44. The molecular weight excluding hydrogens is 252 g/mol. The van der Waals surface area contributed by atoms with Crippen LogP contribution >= 0.6 is 0 Å². The van der Waals surface area contributed by atoms with Gasteiger partial charge >= 0.3 is 0 Å². The number of rotatable bonds is 0. The third-order valence-electron chi connectivity index (χ3n) is 2.78. The minimum atomic E-state index is -3.74. The molecule has 18 heavy (non-hydrogen) atoms. The van der Waals surface area contributed by atoms with E-state index in [1.807, 2.05) is 0 Å². The molecule has 4 N–H and O–H groups in total. The van der Waals surface area contributed by atoms with Crippen molar-refractivity contribution >= 4 is 21.2 Å². The molecular formula is C12H10N2O3S. The molecule has 0 amide bonds. The van der Waals surface area contributed by atoms with Crippen molar-refractivity contribution in [3.63, 3.8) is 0 Å². The van der Waals surface area contributed by atoms with Gasteiger partial charge in [0.2, 0.25) is 9.84 Å². The van der Waals surface area contributed by atoms with Gasteiger partial charge in [-0.2, -0.15) is 0 Å². The number of nitrogen functional groups attached to an aromatic ring is 2. The van der Waals surface area contributed by atoms with Crippen LogP contribution in [0.3, 0.4) is 0 Å². The van der Waals surface area contributed by atoms with E-state index in [1.54, 1.807) is 24.3 Å². The first kappa shape index (κ1) is 10.9. The van der Waals surface area contributed by atoms with Crippen LogP contribution in [0.2, 0.25) is 0 Å². The van der Waals surface area contributed by atoms with Gasteiger partial charge in [-0.05, 0) is 24.3 Å². The molecule has 0 atom stereocenters. The van der Waals surface area contributed by atoms with Gasteiger partial charge in [-0.15, -0.1) is 0 Å². The average Bonchev–Trinajstić information content (AvgIpc) is 2.27. The van der Waals surface area contributed by atoms with E-state index in [1.165, 1.54) is 12.1 Å². The Morgan fingerprint density at radius 2 is 1.28 bits per heavy atom. The topological polar surface area (TPSA) is 95.4 Å². The number of hydrogen-bond acceptors (Lipinski definition) is 5. The second-order valence-electron chi connectivity index (χ2n) is 3.95. The van der Waals surface area contributed by atoms with Crippen LogP contribution in [0.15, 0.2) is 46.2 Å². The molecule has 0 saturated carbocycles. The second kappa shape index (κ2) is 3.39. The number of hydrogen-bond donors (Lipinski definition) is 2. The molecule has 0 radical (unpaired) electrons. The first-order valence-corrected chi connectivity index (χ1v) is 6.70. The summed E-state index contributed by atoms with van der Waals surface area (Å²) in [7, 11) is -3.74. The molecule has 0 aliphatic carbocycles. The van der Waals surface area contributed by atoms with Gasteiger partial charge in [0.15, 0.2) is 0 Å². The molecule has 0 bridgehead atoms. The predicted molar refractivity (Wildman–Crippen MR) is 67.2 cm³/mol. The fraction of sp³-hybridized carbons (Fsp3) is 0. The lowest BCUT2D eigenvalue weighted by Crippen LogP contribution is -2.15. The van der Waals surface area contributed by atoms with Crippen LogP contribution in [-0.4, -0.2) is 8.42 Å². The van der Waals surface area contributed by atoms with Crippen molar-refractivity contribution in [3.05, 3.63) is 36.4 Å². The van der Waals surface area contributed by atoms with Crippen molar-refractivity contribution in [2.24, 2.45) is 0 Å². The van der Waals surface area contributed by atoms with Gasteiger partial charge < -0.3 is 16.2 Å². The van der Waals surface area contributed by atoms with Crippen LogP contribution < -0.4 is 16.2 Å². The van der Waals surface area contributed by atoms with E-state index in [2.05, 4.69) is 0 Å². The van der Waals surface area contributed by atoms with Crippen LogP contribution in [-0.2, 0) is 9.84 Å². The minimum absolute atomic E-state index is 0.0181. The van der Waals surface area contributed by atoms with E-state index in [9.17, 15) is 8.42 Å². The number of nitrogens with two attached hydrogens (primary N) is 2. The van der Waals surface area contributed by atoms with E-state index in [-0.39, 0.29) is 32.7 Å². The molecule has 0 fully saturated rings. The molecule has 1 heterocycles. The molecule has 92 valence electrons. The third-order valence-corrected chi connectivity index (χ3v) is 4.72. The van der Waals surface area contributed by atoms with Crippen molar-refractivity contribution in [3.8, 4) is 11.5 Å². The van der Waals surface area contributed by atoms with E-state index < -0.39 is 9.84 Å². The van der Waals surface area contributed by atoms with Crippen LogP contribution in [0.25, 0.3) is 0 Å². The summed E-state index contributed by atoms with van der Waals surface area (Å²) >= 11 is 0. The van der Waals surface area contributed by atoms with E-state index in [4.69, 9.17) is 16.2 Å². The summed E-state index contributed by atoms with van der Waals surface area (Å²) in [4.78, 5) is -0.0363. The zero-order valence-corrected chi connectivity index (χ0v) is 10.1. The molecule has 0 spiro atoms. The Bertz CT molecular complexity index is 696. The van der Waals surface area contributed by atoms with Gasteiger partial charge in [0.25, 0.3) is 0 Å². The molecule has 2 aromatic rings. The zero-order valence-electron chi connectivity index (χ0n) is 9.25. The third kappa shape index (κ3) is 1.29. The average molecular weight is 262 g/mol. The fourth-order valence-electron chi connectivity index (χ4n) is 2.02. The highest BCUT2D eigenvalue weighted by atomic mass is 32.2. The number of fused-ring (bicyclic) bond motifs is 2. The van der Waals surface area contributed by atoms with Gasteiger partial charge in [-0.25, -0.2) is 8.42 Å². The Kier molecular flexibility index (Phi) is 2.06. The molecule has 6 heteroatoms. The Morgan fingerprint density at radius 3 is 1.72 bits per heavy atom. The largest absolute Gasteiger partial charge is 0.454 e. The van der Waals surface area contributed by atoms with Crippen molar-refractivity contribution < 1.29 is 13.2 Å². The summed E-state index contributed by atoms with van der Waals surface area (Å²) < 4.78 is 30.5. The molecule has 1 aliphatic rings. The molecule has 3 rings (SSSR count). The molecule has 0 unspecified atom stereocenters. The maximum atomic E-state index is 12.5. The minimum Gasteiger partial charge on any atom is -0.454 e. The van der Waals surface area contributed by atoms with Crippen molar-refractivity contribution in [1.29, 1.82) is 0 Å². The van der Waals surface area contributed by atoms with E-state index in [0.29, 0.717) is 0 Å². The number of sulfone groups is 1. The molecule has 5 nitrogen and oxygen atoms in total. The highest BCUT2D eigenvalue weighted by Crippen LogP contribution is 2.46. The summed E-state index contributed by atoms with van der Waals surface area (Å²) in [6.45, 7) is 0. The maximum Gasteiger partial charge on any atom is 0.218 e. The normalized spacial score (nSPS) is 15.3. The number of anilines is 2. The Labute approximate surface area is 104 Å². The fourth-order valence-corrected chi connectivity index (χ4v) is 3.73. The first-order chi connectivity index (χ1) is 8.51. The number of benzene rings is 2. The van der Waals surface area contributed by atoms with Crippen LogP contribution in [0, 0.1) is 0 Å². The van der Waals surface area contributed by atoms with Gasteiger partial charge in [0.1, 0.15) is 21.3 Å². The first-order valence-electron chi connectivity index (χ1n) is 5.22. The van der Waals surface area contributed by atoms with Gasteiger partial charge in [0.05, 0.1) is 11.4 Å². The Hall–Kier alpha value is -2.21. The predicted octanol–water partition coefficient (Wildman–Crippen LogP) is 1.79. The molecule has 1 aliphatic heterocycles. The SMILES string of the molecule is Nc1cccc2c1S(=O)(=O)c1c(N)cccc1O2. The van der Waals surface area contributed by atoms with E-state index >= 15 is 0 Å². The Balaban J connectivity index is 2.43. The Morgan fingerprint density at radius 1 is 0.833 bits per heavy atom. The lowest BCUT2D eigenvalue weighted by molar-refractivity contribution is 0.444. The van der Waals surface area contributed by atoms with Crippen molar-refractivity contribution in [1.82, 2.24) is 0 Å². The quantitative estimate of drug-likeness (QED) is 0.602. The van der Waals surface area contributed by atoms with Crippen LogP contribution in [0.1, 0.15) is 0 Å². The van der Waals surface area contributed by atoms with Crippen LogP contribution in [0.4, 0.5) is 11.4 Å². The van der Waals surface area contributed by atoms with Crippen molar-refractivity contribution in [2.45, 2.75) is 9.79 Å². The summed E-state index contributed by atoms with van der Waals surface area (Å²) in [5, 5.41) is 0. The lowest BCUT2D eigenvalue weighted by Gasteiger charge is -2.22. The molecule has 0 saturated heterocycles. The van der Waals surface area contributed by atoms with Crippen LogP contribution in [0.5, 0.6) is 11.5 Å². The van der Waals surface area contributed by atoms with Gasteiger partial charge in [0, 0.05) is 0 Å². The molecule has 2 aromatic carbocycles. The second-order valence-corrected chi connectivity index (χ2v) is 5.78. The number of ether oxygens (including phenoxy) is 1. The monoisotopic (exact) mass is 262 g/mol. The lowest BCUT2D eigenvalue weighted by atomic mass is 10.2. The van der Waals surface area contributed by atoms with E-state index in [0.717, 1.165) is 0 Å².